The fourth-order valence-electron chi connectivity index (χ4n) is 2.65. The summed E-state index contributed by atoms with van der Waals surface area (Å²) >= 11 is 0. The fourth-order valence-corrected chi connectivity index (χ4v) is 2.65. The Morgan fingerprint density at radius 2 is 1.89 bits per heavy atom. The van der Waals surface area contributed by atoms with Gasteiger partial charge in [-0.1, -0.05) is 44.2 Å². The molecule has 1 N–H and O–H groups in total. The van der Waals surface area contributed by atoms with Gasteiger partial charge in [-0.05, 0) is 37.3 Å². The van der Waals surface area contributed by atoms with Gasteiger partial charge >= 0.3 is 0 Å². The van der Waals surface area contributed by atoms with Crippen molar-refractivity contribution in [2.75, 3.05) is 26.7 Å². The Bertz CT molecular complexity index is 357. The fraction of sp³-hybridized carbons (Fsp3) is 0.647. The Morgan fingerprint density at radius 1 is 1.21 bits per heavy atom. The Morgan fingerprint density at radius 3 is 2.47 bits per heavy atom. The molecule has 0 saturated heterocycles. The molecule has 1 aliphatic carbocycles. The highest BCUT2D eigenvalue weighted by Crippen LogP contribution is 2.25. The second kappa shape index (κ2) is 7.06. The van der Waals surface area contributed by atoms with E-state index >= 15 is 0 Å². The van der Waals surface area contributed by atoms with Gasteiger partial charge in [0.05, 0.1) is 0 Å². The zero-order valence-corrected chi connectivity index (χ0v) is 12.6. The summed E-state index contributed by atoms with van der Waals surface area (Å²) < 4.78 is 0. The van der Waals surface area contributed by atoms with Crippen molar-refractivity contribution in [1.29, 1.82) is 0 Å². The lowest BCUT2D eigenvalue weighted by Crippen LogP contribution is -2.33. The van der Waals surface area contributed by atoms with Crippen molar-refractivity contribution >= 4 is 0 Å². The van der Waals surface area contributed by atoms with Gasteiger partial charge in [-0.15, -0.1) is 0 Å². The third-order valence-electron chi connectivity index (χ3n) is 4.21. The summed E-state index contributed by atoms with van der Waals surface area (Å²) in [5, 5.41) is 3.64. The van der Waals surface area contributed by atoms with Crippen molar-refractivity contribution in [1.82, 2.24) is 10.2 Å². The zero-order valence-electron chi connectivity index (χ0n) is 12.6. The maximum atomic E-state index is 3.64. The summed E-state index contributed by atoms with van der Waals surface area (Å²) in [6.07, 6.45) is 2.80. The lowest BCUT2D eigenvalue weighted by molar-refractivity contribution is 0.317. The van der Waals surface area contributed by atoms with E-state index in [-0.39, 0.29) is 0 Å². The molecule has 0 aliphatic heterocycles. The van der Waals surface area contributed by atoms with Crippen LogP contribution in [0.3, 0.4) is 0 Å². The summed E-state index contributed by atoms with van der Waals surface area (Å²) in [7, 11) is 2.25. The van der Waals surface area contributed by atoms with E-state index in [4.69, 9.17) is 0 Å². The van der Waals surface area contributed by atoms with E-state index in [1.807, 2.05) is 0 Å². The first-order valence-corrected chi connectivity index (χ1v) is 7.64. The van der Waals surface area contributed by atoms with Crippen molar-refractivity contribution in [3.63, 3.8) is 0 Å². The minimum Gasteiger partial charge on any atom is -0.315 e. The molecule has 0 radical (unpaired) electrons. The molecule has 1 saturated carbocycles. The van der Waals surface area contributed by atoms with Crippen LogP contribution in [-0.2, 0) is 0 Å². The number of nitrogens with one attached hydrogen (secondary N) is 1. The SMILES string of the molecule is CC(C)C(CNCCN(C)C1CC1)c1ccccc1. The van der Waals surface area contributed by atoms with Gasteiger partial charge in [0.15, 0.2) is 0 Å². The Balaban J connectivity index is 1.74. The minimum absolute atomic E-state index is 0.618. The molecule has 1 atom stereocenters. The first-order chi connectivity index (χ1) is 9.18. The van der Waals surface area contributed by atoms with Gasteiger partial charge < -0.3 is 10.2 Å². The molecule has 2 heteroatoms. The van der Waals surface area contributed by atoms with Gasteiger partial charge in [0.2, 0.25) is 0 Å². The maximum Gasteiger partial charge on any atom is 0.0107 e. The van der Waals surface area contributed by atoms with Crippen LogP contribution in [0.2, 0.25) is 0 Å². The monoisotopic (exact) mass is 260 g/mol. The molecule has 0 spiro atoms. The van der Waals surface area contributed by atoms with Gasteiger partial charge in [0.25, 0.3) is 0 Å². The molecule has 19 heavy (non-hydrogen) atoms. The van der Waals surface area contributed by atoms with Crippen LogP contribution in [0.25, 0.3) is 0 Å². The van der Waals surface area contributed by atoms with E-state index in [1.165, 1.54) is 24.9 Å². The molecule has 0 bridgehead atoms. The highest BCUT2D eigenvalue weighted by atomic mass is 15.2. The molecule has 2 rings (SSSR count). The summed E-state index contributed by atoms with van der Waals surface area (Å²) in [6, 6.07) is 11.8. The average Bonchev–Trinajstić information content (AvgIpc) is 3.23. The predicted octanol–water partition coefficient (Wildman–Crippen LogP) is 3.11. The number of likely N-dealkylation sites (N-methyl/N-ethyl adjacent to an activating group) is 1. The smallest absolute Gasteiger partial charge is 0.0107 e. The van der Waals surface area contributed by atoms with Gasteiger partial charge in [0, 0.05) is 25.7 Å². The van der Waals surface area contributed by atoms with Crippen molar-refractivity contribution in [3.8, 4) is 0 Å². The molecule has 1 fully saturated rings. The number of hydrogen-bond acceptors (Lipinski definition) is 2. The van der Waals surface area contributed by atoms with Crippen molar-refractivity contribution in [2.24, 2.45) is 5.92 Å². The molecular formula is C17H28N2. The average molecular weight is 260 g/mol. The van der Waals surface area contributed by atoms with Crippen LogP contribution in [0, 0.1) is 5.92 Å². The van der Waals surface area contributed by atoms with E-state index in [9.17, 15) is 0 Å². The van der Waals surface area contributed by atoms with Gasteiger partial charge in [0.1, 0.15) is 0 Å². The highest BCUT2D eigenvalue weighted by Gasteiger charge is 2.25. The van der Waals surface area contributed by atoms with E-state index in [2.05, 4.69) is 61.4 Å². The molecule has 1 unspecified atom stereocenters. The number of hydrogen-bond donors (Lipinski definition) is 1. The number of rotatable bonds is 8. The third-order valence-corrected chi connectivity index (χ3v) is 4.21. The lowest BCUT2D eigenvalue weighted by atomic mass is 9.88. The number of benzene rings is 1. The first kappa shape index (κ1) is 14.5. The predicted molar refractivity (Wildman–Crippen MR) is 82.5 cm³/mol. The molecule has 2 nitrogen and oxygen atoms in total. The zero-order chi connectivity index (χ0) is 13.7. The summed E-state index contributed by atoms with van der Waals surface area (Å²) in [6.45, 7) is 7.98. The van der Waals surface area contributed by atoms with Gasteiger partial charge in [-0.3, -0.25) is 0 Å². The van der Waals surface area contributed by atoms with Crippen LogP contribution >= 0.6 is 0 Å². The molecule has 1 aliphatic rings. The van der Waals surface area contributed by atoms with Gasteiger partial charge in [-0.2, -0.15) is 0 Å². The Kier molecular flexibility index (Phi) is 5.41. The molecule has 1 aromatic rings. The maximum absolute atomic E-state index is 3.64. The van der Waals surface area contributed by atoms with Crippen LogP contribution in [0.5, 0.6) is 0 Å². The summed E-state index contributed by atoms with van der Waals surface area (Å²) in [4.78, 5) is 2.49. The van der Waals surface area contributed by atoms with Crippen molar-refractivity contribution < 1.29 is 0 Å². The summed E-state index contributed by atoms with van der Waals surface area (Å²) in [5.41, 5.74) is 1.46. The Hall–Kier alpha value is -0.860. The molecule has 0 amide bonds. The van der Waals surface area contributed by atoms with E-state index < -0.39 is 0 Å². The largest absolute Gasteiger partial charge is 0.315 e. The first-order valence-electron chi connectivity index (χ1n) is 7.64. The second-order valence-electron chi connectivity index (χ2n) is 6.18. The highest BCUT2D eigenvalue weighted by molar-refractivity contribution is 5.20. The van der Waals surface area contributed by atoms with Crippen LogP contribution in [0.4, 0.5) is 0 Å². The molecule has 106 valence electrons. The topological polar surface area (TPSA) is 15.3 Å². The molecular weight excluding hydrogens is 232 g/mol. The normalized spacial score (nSPS) is 17.1. The lowest BCUT2D eigenvalue weighted by Gasteiger charge is -2.23. The van der Waals surface area contributed by atoms with Crippen LogP contribution < -0.4 is 5.32 Å². The van der Waals surface area contributed by atoms with E-state index in [0.29, 0.717) is 11.8 Å². The minimum atomic E-state index is 0.618. The molecule has 0 aromatic heterocycles. The van der Waals surface area contributed by atoms with E-state index in [0.717, 1.165) is 19.1 Å². The van der Waals surface area contributed by atoms with Gasteiger partial charge in [-0.25, -0.2) is 0 Å². The standard InChI is InChI=1S/C17H28N2/c1-14(2)17(15-7-5-4-6-8-15)13-18-11-12-19(3)16-9-10-16/h4-8,14,16-18H,9-13H2,1-3H3. The quantitative estimate of drug-likeness (QED) is 0.723. The van der Waals surface area contributed by atoms with Crippen molar-refractivity contribution in [2.45, 2.75) is 38.6 Å². The summed E-state index contributed by atoms with van der Waals surface area (Å²) in [5.74, 6) is 1.29. The number of nitrogens with zero attached hydrogens (tertiary/aromatic N) is 1. The molecule has 1 aromatic carbocycles. The van der Waals surface area contributed by atoms with Crippen LogP contribution in [0.1, 0.15) is 38.2 Å². The van der Waals surface area contributed by atoms with E-state index in [1.54, 1.807) is 0 Å². The molecule has 0 heterocycles. The third kappa shape index (κ3) is 4.63. The second-order valence-corrected chi connectivity index (χ2v) is 6.18. The van der Waals surface area contributed by atoms with Crippen molar-refractivity contribution in [3.05, 3.63) is 35.9 Å². The van der Waals surface area contributed by atoms with Crippen LogP contribution in [-0.4, -0.2) is 37.6 Å². The van der Waals surface area contributed by atoms with Crippen LogP contribution in [0.15, 0.2) is 30.3 Å². The Labute approximate surface area is 118 Å².